The van der Waals surface area contributed by atoms with Gasteiger partial charge >= 0.3 is 5.97 Å². The van der Waals surface area contributed by atoms with Crippen LogP contribution in [0, 0.1) is 0 Å². The molecule has 5 nitrogen and oxygen atoms in total. The van der Waals surface area contributed by atoms with Crippen LogP contribution >= 0.6 is 0 Å². The Morgan fingerprint density at radius 2 is 2.00 bits per heavy atom. The minimum atomic E-state index is -1.03. The molecule has 0 fully saturated rings. The highest BCUT2D eigenvalue weighted by Gasteiger charge is 2.27. The molecule has 0 unspecified atom stereocenters. The van der Waals surface area contributed by atoms with Gasteiger partial charge in [0.25, 0.3) is 0 Å². The van der Waals surface area contributed by atoms with Gasteiger partial charge in [-0.1, -0.05) is 26.0 Å². The molecular weight excluding hydrogens is 170 g/mol. The Bertz CT molecular complexity index is 336. The molecule has 72 valence electrons. The Balaban J connectivity index is 3.33. The minimum absolute atomic E-state index is 0.0370. The number of hydrogen-bond donors (Lipinski definition) is 1. The zero-order valence-corrected chi connectivity index (χ0v) is 8.20. The molecular formula is C8H13N3O2. The predicted octanol–water partition coefficient (Wildman–Crippen LogP) is 0.811. The Labute approximate surface area is 76.4 Å². The number of carbonyl (C=O) groups is 1. The summed E-state index contributed by atoms with van der Waals surface area (Å²) in [6.45, 7) is 5.79. The lowest BCUT2D eigenvalue weighted by molar-refractivity contribution is 0.0687. The molecule has 1 heterocycles. The average molecular weight is 183 g/mol. The van der Waals surface area contributed by atoms with Gasteiger partial charge in [-0.3, -0.25) is 4.68 Å². The number of hydrogen-bond acceptors (Lipinski definition) is 3. The van der Waals surface area contributed by atoms with Crippen LogP contribution in [-0.4, -0.2) is 26.1 Å². The van der Waals surface area contributed by atoms with E-state index in [0.717, 1.165) is 0 Å². The fourth-order valence-corrected chi connectivity index (χ4v) is 1.34. The molecule has 1 aromatic heterocycles. The molecule has 1 N–H and O–H groups in total. The Kier molecular flexibility index (Phi) is 2.11. The number of nitrogens with zero attached hydrogens (tertiary/aromatic N) is 3. The molecule has 0 aromatic carbocycles. The fraction of sp³-hybridized carbons (Fsp3) is 0.625. The highest BCUT2D eigenvalue weighted by atomic mass is 16.4. The van der Waals surface area contributed by atoms with Gasteiger partial charge in [0.2, 0.25) is 0 Å². The summed E-state index contributed by atoms with van der Waals surface area (Å²) in [4.78, 5) is 10.8. The minimum Gasteiger partial charge on any atom is -0.476 e. The molecule has 0 atom stereocenters. The number of aromatic nitrogens is 3. The number of carboxylic acids is 1. The molecule has 0 bridgehead atoms. The van der Waals surface area contributed by atoms with E-state index in [2.05, 4.69) is 10.3 Å². The second-order valence-corrected chi connectivity index (χ2v) is 3.97. The number of carboxylic acid groups (broad SMARTS) is 1. The van der Waals surface area contributed by atoms with Gasteiger partial charge in [0, 0.05) is 12.5 Å². The lowest BCUT2D eigenvalue weighted by Crippen LogP contribution is -2.20. The van der Waals surface area contributed by atoms with Crippen molar-refractivity contribution >= 4 is 5.97 Å². The standard InChI is InChI=1S/C8H13N3O2/c1-8(2,3)6-5(7(12)13)9-10-11(6)4/h1-4H3,(H,12,13). The monoisotopic (exact) mass is 183 g/mol. The summed E-state index contributed by atoms with van der Waals surface area (Å²) in [6.07, 6.45) is 0. The van der Waals surface area contributed by atoms with Crippen LogP contribution in [-0.2, 0) is 12.5 Å². The van der Waals surface area contributed by atoms with Crippen molar-refractivity contribution in [2.45, 2.75) is 26.2 Å². The summed E-state index contributed by atoms with van der Waals surface area (Å²) in [5.74, 6) is -1.03. The lowest BCUT2D eigenvalue weighted by atomic mass is 9.90. The molecule has 0 amide bonds. The van der Waals surface area contributed by atoms with Crippen LogP contribution in [0.15, 0.2) is 0 Å². The van der Waals surface area contributed by atoms with Crippen LogP contribution in [0.2, 0.25) is 0 Å². The van der Waals surface area contributed by atoms with Gasteiger partial charge in [0.15, 0.2) is 5.69 Å². The predicted molar refractivity (Wildman–Crippen MR) is 46.7 cm³/mol. The van der Waals surface area contributed by atoms with E-state index in [0.29, 0.717) is 5.69 Å². The van der Waals surface area contributed by atoms with Gasteiger partial charge in [-0.05, 0) is 0 Å². The van der Waals surface area contributed by atoms with Crippen LogP contribution in [0.25, 0.3) is 0 Å². The van der Waals surface area contributed by atoms with Gasteiger partial charge in [-0.25, -0.2) is 4.79 Å². The van der Waals surface area contributed by atoms with Crippen LogP contribution in [0.5, 0.6) is 0 Å². The summed E-state index contributed by atoms with van der Waals surface area (Å²) in [6, 6.07) is 0. The molecule has 0 spiro atoms. The molecule has 13 heavy (non-hydrogen) atoms. The van der Waals surface area contributed by atoms with Crippen molar-refractivity contribution in [1.29, 1.82) is 0 Å². The molecule has 5 heteroatoms. The second kappa shape index (κ2) is 2.83. The van der Waals surface area contributed by atoms with Gasteiger partial charge in [-0.15, -0.1) is 5.10 Å². The van der Waals surface area contributed by atoms with Gasteiger partial charge in [0.1, 0.15) is 0 Å². The van der Waals surface area contributed by atoms with E-state index in [9.17, 15) is 4.79 Å². The number of aryl methyl sites for hydroxylation is 1. The highest BCUT2D eigenvalue weighted by Crippen LogP contribution is 2.23. The summed E-state index contributed by atoms with van der Waals surface area (Å²) in [7, 11) is 1.69. The zero-order valence-electron chi connectivity index (χ0n) is 8.20. The summed E-state index contributed by atoms with van der Waals surface area (Å²) in [5, 5.41) is 16.1. The first-order valence-corrected chi connectivity index (χ1v) is 3.97. The van der Waals surface area contributed by atoms with Crippen LogP contribution < -0.4 is 0 Å². The first kappa shape index (κ1) is 9.70. The van der Waals surface area contributed by atoms with E-state index in [-0.39, 0.29) is 11.1 Å². The highest BCUT2D eigenvalue weighted by molar-refractivity contribution is 5.86. The van der Waals surface area contributed by atoms with Crippen molar-refractivity contribution in [2.24, 2.45) is 7.05 Å². The zero-order chi connectivity index (χ0) is 10.2. The van der Waals surface area contributed by atoms with E-state index in [1.54, 1.807) is 7.05 Å². The van der Waals surface area contributed by atoms with Gasteiger partial charge in [0.05, 0.1) is 5.69 Å². The second-order valence-electron chi connectivity index (χ2n) is 3.97. The van der Waals surface area contributed by atoms with Crippen molar-refractivity contribution in [3.8, 4) is 0 Å². The van der Waals surface area contributed by atoms with E-state index in [1.807, 2.05) is 20.8 Å². The van der Waals surface area contributed by atoms with Crippen molar-refractivity contribution in [3.63, 3.8) is 0 Å². The van der Waals surface area contributed by atoms with Gasteiger partial charge in [-0.2, -0.15) is 0 Å². The van der Waals surface area contributed by atoms with Gasteiger partial charge < -0.3 is 5.11 Å². The molecule has 1 rings (SSSR count). The lowest BCUT2D eigenvalue weighted by Gasteiger charge is -2.18. The maximum atomic E-state index is 10.8. The molecule has 0 saturated carbocycles. The third kappa shape index (κ3) is 1.68. The molecule has 0 aliphatic carbocycles. The summed E-state index contributed by atoms with van der Waals surface area (Å²) >= 11 is 0. The van der Waals surface area contributed by atoms with Crippen molar-refractivity contribution < 1.29 is 9.90 Å². The Morgan fingerprint density at radius 1 is 1.46 bits per heavy atom. The Hall–Kier alpha value is -1.39. The van der Waals surface area contributed by atoms with E-state index < -0.39 is 5.97 Å². The topological polar surface area (TPSA) is 68.0 Å². The maximum absolute atomic E-state index is 10.8. The number of aromatic carboxylic acids is 1. The molecule has 1 aromatic rings. The Morgan fingerprint density at radius 3 is 2.31 bits per heavy atom. The van der Waals surface area contributed by atoms with Crippen molar-refractivity contribution in [1.82, 2.24) is 15.0 Å². The number of rotatable bonds is 1. The smallest absolute Gasteiger partial charge is 0.358 e. The van der Waals surface area contributed by atoms with Crippen molar-refractivity contribution in [3.05, 3.63) is 11.4 Å². The van der Waals surface area contributed by atoms with E-state index >= 15 is 0 Å². The molecule has 0 aliphatic rings. The van der Waals surface area contributed by atoms with Crippen molar-refractivity contribution in [2.75, 3.05) is 0 Å². The van der Waals surface area contributed by atoms with Crippen LogP contribution in [0.3, 0.4) is 0 Å². The largest absolute Gasteiger partial charge is 0.476 e. The van der Waals surface area contributed by atoms with E-state index in [1.165, 1.54) is 4.68 Å². The third-order valence-corrected chi connectivity index (χ3v) is 1.74. The van der Waals surface area contributed by atoms with E-state index in [4.69, 9.17) is 5.11 Å². The SMILES string of the molecule is Cn1nnc(C(=O)O)c1C(C)(C)C. The molecule has 0 saturated heterocycles. The summed E-state index contributed by atoms with van der Waals surface area (Å²) in [5.41, 5.74) is 0.418. The molecule has 0 radical (unpaired) electrons. The average Bonchev–Trinajstić information content (AvgIpc) is 2.28. The van der Waals surface area contributed by atoms with Crippen LogP contribution in [0.1, 0.15) is 37.0 Å². The summed E-state index contributed by atoms with van der Waals surface area (Å²) < 4.78 is 1.50. The maximum Gasteiger partial charge on any atom is 0.358 e. The first-order valence-electron chi connectivity index (χ1n) is 3.97. The molecule has 0 aliphatic heterocycles. The quantitative estimate of drug-likeness (QED) is 0.699. The normalized spacial score (nSPS) is 11.7. The third-order valence-electron chi connectivity index (χ3n) is 1.74. The first-order chi connectivity index (χ1) is 5.84. The fourth-order valence-electron chi connectivity index (χ4n) is 1.34. The van der Waals surface area contributed by atoms with Crippen LogP contribution in [0.4, 0.5) is 0 Å².